The van der Waals surface area contributed by atoms with Crippen molar-refractivity contribution in [3.8, 4) is 17.0 Å². The van der Waals surface area contributed by atoms with Crippen molar-refractivity contribution < 1.29 is 35.5 Å². The zero-order chi connectivity index (χ0) is 24.7. The maximum absolute atomic E-state index is 14.6. The lowest BCUT2D eigenvalue weighted by molar-refractivity contribution is -0.140. The predicted octanol–water partition coefficient (Wildman–Crippen LogP) is 2.26. The Kier molecular flexibility index (Phi) is 4.82. The van der Waals surface area contributed by atoms with E-state index in [-0.39, 0.29) is 47.4 Å². The van der Waals surface area contributed by atoms with E-state index in [2.05, 4.69) is 15.1 Å². The van der Waals surface area contributed by atoms with Gasteiger partial charge in [-0.2, -0.15) is 27.6 Å². The number of rotatable bonds is 3. The molecule has 2 saturated heterocycles. The van der Waals surface area contributed by atoms with Crippen LogP contribution in [0.3, 0.4) is 0 Å². The topological polar surface area (TPSA) is 104 Å². The molecule has 3 aromatic rings. The van der Waals surface area contributed by atoms with Crippen LogP contribution in [0.2, 0.25) is 0 Å². The Labute approximate surface area is 189 Å². The van der Waals surface area contributed by atoms with E-state index in [1.54, 1.807) is 0 Å². The molecule has 0 aliphatic carbocycles. The average molecular weight is 504 g/mol. The van der Waals surface area contributed by atoms with Gasteiger partial charge in [0.15, 0.2) is 23.0 Å². The number of phenolic OH excluding ortho intramolecular Hbond substituents is 1. The average Bonchev–Trinajstić information content (AvgIpc) is 3.44. The van der Waals surface area contributed by atoms with E-state index in [4.69, 9.17) is 0 Å². The van der Waals surface area contributed by atoms with Gasteiger partial charge in [-0.05, 0) is 12.5 Å². The number of alkyl halides is 3. The van der Waals surface area contributed by atoms with Gasteiger partial charge in [-0.3, -0.25) is 0 Å². The third kappa shape index (κ3) is 3.36. The first-order valence-corrected chi connectivity index (χ1v) is 11.8. The summed E-state index contributed by atoms with van der Waals surface area (Å²) in [5.41, 5.74) is -2.72. The molecule has 2 fully saturated rings. The fourth-order valence-electron chi connectivity index (χ4n) is 4.65. The van der Waals surface area contributed by atoms with Gasteiger partial charge in [0.2, 0.25) is 16.0 Å². The van der Waals surface area contributed by atoms with Gasteiger partial charge >= 0.3 is 6.18 Å². The van der Waals surface area contributed by atoms with Gasteiger partial charge in [-0.15, -0.1) is 0 Å². The van der Waals surface area contributed by atoms with Crippen molar-refractivity contribution in [2.45, 2.75) is 24.7 Å². The number of hydrogen-bond donors (Lipinski definition) is 1. The minimum atomic E-state index is -5.17. The highest BCUT2D eigenvalue weighted by Crippen LogP contribution is 2.42. The van der Waals surface area contributed by atoms with Gasteiger partial charge in [0.05, 0.1) is 17.2 Å². The van der Waals surface area contributed by atoms with Crippen molar-refractivity contribution in [2.24, 2.45) is 7.05 Å². The van der Waals surface area contributed by atoms with Crippen LogP contribution in [0, 0.1) is 11.6 Å². The SMILES string of the molecule is Cn1nc(-c2cc(C(F)(F)F)c(F)c(O)c2F)c2cnc(N3CC4CC3CN4S(C)(=O)=O)nc21. The number of aryl methyl sites for hydroxylation is 1. The number of hydrogen-bond acceptors (Lipinski definition) is 7. The zero-order valence-electron chi connectivity index (χ0n) is 17.7. The lowest BCUT2D eigenvalue weighted by atomic mass is 10.0. The Bertz CT molecular complexity index is 1440. The molecule has 2 atom stereocenters. The van der Waals surface area contributed by atoms with Gasteiger partial charge in [0.1, 0.15) is 5.69 Å². The second-order valence-electron chi connectivity index (χ2n) is 8.35. The van der Waals surface area contributed by atoms with Crippen LogP contribution in [0.5, 0.6) is 5.75 Å². The molecule has 15 heteroatoms. The first-order chi connectivity index (χ1) is 15.8. The molecule has 0 amide bonds. The normalized spacial score (nSPS) is 21.2. The largest absolute Gasteiger partial charge is 0.503 e. The Balaban J connectivity index is 1.56. The summed E-state index contributed by atoms with van der Waals surface area (Å²) in [6, 6.07) is -0.122. The van der Waals surface area contributed by atoms with Crippen molar-refractivity contribution in [3.05, 3.63) is 29.5 Å². The van der Waals surface area contributed by atoms with Crippen molar-refractivity contribution in [2.75, 3.05) is 24.2 Å². The third-order valence-electron chi connectivity index (χ3n) is 6.18. The lowest BCUT2D eigenvalue weighted by Crippen LogP contribution is -2.48. The predicted molar refractivity (Wildman–Crippen MR) is 109 cm³/mol. The molecule has 4 heterocycles. The maximum Gasteiger partial charge on any atom is 0.419 e. The number of benzene rings is 1. The highest BCUT2D eigenvalue weighted by Gasteiger charge is 2.48. The van der Waals surface area contributed by atoms with Crippen molar-refractivity contribution in [1.82, 2.24) is 24.1 Å². The first-order valence-electron chi connectivity index (χ1n) is 9.99. The van der Waals surface area contributed by atoms with Crippen molar-refractivity contribution in [3.63, 3.8) is 0 Å². The lowest BCUT2D eigenvalue weighted by Gasteiger charge is -2.32. The van der Waals surface area contributed by atoms with Crippen molar-refractivity contribution >= 4 is 27.0 Å². The van der Waals surface area contributed by atoms with E-state index in [9.17, 15) is 35.5 Å². The summed E-state index contributed by atoms with van der Waals surface area (Å²) in [5.74, 6) is -5.20. The quantitative estimate of drug-likeness (QED) is 0.546. The molecule has 1 aromatic carbocycles. The molecule has 182 valence electrons. The van der Waals surface area contributed by atoms with Crippen LogP contribution in [0.15, 0.2) is 12.3 Å². The van der Waals surface area contributed by atoms with E-state index >= 15 is 0 Å². The molecule has 2 aromatic heterocycles. The van der Waals surface area contributed by atoms with Gasteiger partial charge in [0.25, 0.3) is 0 Å². The molecule has 0 radical (unpaired) electrons. The number of sulfonamides is 1. The van der Waals surface area contributed by atoms with Gasteiger partial charge in [-0.1, -0.05) is 0 Å². The molecular formula is C19H17F5N6O3S. The number of phenols is 1. The zero-order valence-corrected chi connectivity index (χ0v) is 18.5. The number of halogens is 5. The molecule has 5 rings (SSSR count). The van der Waals surface area contributed by atoms with E-state index in [1.807, 2.05) is 4.90 Å². The Morgan fingerprint density at radius 3 is 2.44 bits per heavy atom. The molecule has 1 N–H and O–H groups in total. The Hall–Kier alpha value is -3.07. The first kappa shape index (κ1) is 22.7. The van der Waals surface area contributed by atoms with Crippen molar-refractivity contribution in [1.29, 1.82) is 0 Å². The smallest absolute Gasteiger partial charge is 0.419 e. The van der Waals surface area contributed by atoms with Crippen LogP contribution in [-0.4, -0.2) is 69.0 Å². The van der Waals surface area contributed by atoms with Gasteiger partial charge in [-0.25, -0.2) is 26.9 Å². The van der Waals surface area contributed by atoms with E-state index in [0.717, 1.165) is 6.26 Å². The molecule has 2 unspecified atom stereocenters. The fraction of sp³-hybridized carbons (Fsp3) is 0.421. The van der Waals surface area contributed by atoms with Crippen LogP contribution < -0.4 is 4.90 Å². The molecular weight excluding hydrogens is 487 g/mol. The summed E-state index contributed by atoms with van der Waals surface area (Å²) in [4.78, 5) is 10.5. The van der Waals surface area contributed by atoms with Gasteiger partial charge < -0.3 is 10.0 Å². The minimum absolute atomic E-state index is 0.0893. The fourth-order valence-corrected chi connectivity index (χ4v) is 5.79. The summed E-state index contributed by atoms with van der Waals surface area (Å²) in [7, 11) is -1.90. The van der Waals surface area contributed by atoms with Crippen LogP contribution in [-0.2, 0) is 23.2 Å². The second-order valence-corrected chi connectivity index (χ2v) is 10.3. The minimum Gasteiger partial charge on any atom is -0.503 e. The summed E-state index contributed by atoms with van der Waals surface area (Å²) in [5, 5.41) is 13.8. The van der Waals surface area contributed by atoms with Crippen LogP contribution in [0.1, 0.15) is 12.0 Å². The number of aromatic nitrogens is 4. The number of nitrogens with zero attached hydrogens (tertiary/aromatic N) is 6. The maximum atomic E-state index is 14.6. The molecule has 0 spiro atoms. The summed E-state index contributed by atoms with van der Waals surface area (Å²) >= 11 is 0. The number of fused-ring (bicyclic) bond motifs is 3. The number of aromatic hydroxyl groups is 1. The summed E-state index contributed by atoms with van der Waals surface area (Å²) < 4.78 is 94.5. The van der Waals surface area contributed by atoms with Crippen LogP contribution in [0.4, 0.5) is 27.9 Å². The molecule has 34 heavy (non-hydrogen) atoms. The molecule has 2 aliphatic heterocycles. The third-order valence-corrected chi connectivity index (χ3v) is 7.48. The summed E-state index contributed by atoms with van der Waals surface area (Å²) in [6.45, 7) is 0.644. The molecule has 0 saturated carbocycles. The number of anilines is 1. The molecule has 2 bridgehead atoms. The Morgan fingerprint density at radius 2 is 1.85 bits per heavy atom. The van der Waals surface area contributed by atoms with Gasteiger partial charge in [0, 0.05) is 44.0 Å². The number of piperazine rings is 1. The highest BCUT2D eigenvalue weighted by atomic mass is 32.2. The van der Waals surface area contributed by atoms with Crippen LogP contribution in [0.25, 0.3) is 22.3 Å². The van der Waals surface area contributed by atoms with E-state index in [1.165, 1.54) is 22.2 Å². The van der Waals surface area contributed by atoms with E-state index in [0.29, 0.717) is 13.0 Å². The Morgan fingerprint density at radius 1 is 1.15 bits per heavy atom. The summed E-state index contributed by atoms with van der Waals surface area (Å²) in [6.07, 6.45) is -2.17. The second kappa shape index (κ2) is 7.21. The molecule has 9 nitrogen and oxygen atoms in total. The monoisotopic (exact) mass is 504 g/mol. The molecule has 2 aliphatic rings. The van der Waals surface area contributed by atoms with Crippen LogP contribution >= 0.6 is 0 Å². The standard InChI is InChI=1S/C19H17F5N6O3S/c1-28-17-11(15(27-28)10-4-12(19(22,23)24)14(21)16(31)13(10)20)5-25-18(26-17)29-6-9-3-8(29)7-30(9)34(2,32)33/h4-5,8-9,31H,3,6-7H2,1-2H3. The van der Waals surface area contributed by atoms with E-state index < -0.39 is 44.7 Å². The highest BCUT2D eigenvalue weighted by molar-refractivity contribution is 7.88.